The summed E-state index contributed by atoms with van der Waals surface area (Å²) in [6.07, 6.45) is 6.52. The van der Waals surface area contributed by atoms with Crippen LogP contribution in [-0.2, 0) is 11.3 Å². The summed E-state index contributed by atoms with van der Waals surface area (Å²) >= 11 is 0. The summed E-state index contributed by atoms with van der Waals surface area (Å²) in [6, 6.07) is 0. The van der Waals surface area contributed by atoms with E-state index < -0.39 is 0 Å². The van der Waals surface area contributed by atoms with Crippen molar-refractivity contribution in [3.8, 4) is 0 Å². The van der Waals surface area contributed by atoms with Gasteiger partial charge >= 0.3 is 0 Å². The van der Waals surface area contributed by atoms with Crippen LogP contribution in [0.2, 0.25) is 0 Å². The largest absolute Gasteiger partial charge is 0.341 e. The Labute approximate surface area is 82.7 Å². The van der Waals surface area contributed by atoms with Crippen molar-refractivity contribution in [3.63, 3.8) is 0 Å². The van der Waals surface area contributed by atoms with E-state index in [1.165, 1.54) is 12.7 Å². The highest BCUT2D eigenvalue weighted by atomic mass is 16.2. The molecule has 1 aliphatic heterocycles. The molecule has 76 valence electrons. The van der Waals surface area contributed by atoms with Crippen LogP contribution in [0.3, 0.4) is 0 Å². The lowest BCUT2D eigenvalue weighted by Gasteiger charge is -2.26. The first-order valence-corrected chi connectivity index (χ1v) is 4.96. The van der Waals surface area contributed by atoms with Crippen molar-refractivity contribution in [2.45, 2.75) is 25.8 Å². The molecule has 0 radical (unpaired) electrons. The number of carbonyl (C=O) groups excluding carboxylic acids is 1. The number of aromatic nitrogens is 3. The molecule has 1 saturated heterocycles. The Morgan fingerprint density at radius 2 is 2.07 bits per heavy atom. The van der Waals surface area contributed by atoms with Gasteiger partial charge in [-0.25, -0.2) is 9.67 Å². The molecule has 0 spiro atoms. The van der Waals surface area contributed by atoms with E-state index in [0.29, 0.717) is 6.54 Å². The van der Waals surface area contributed by atoms with Crippen LogP contribution in [0.1, 0.15) is 19.3 Å². The summed E-state index contributed by atoms with van der Waals surface area (Å²) in [7, 11) is 0. The molecular formula is C9H14N4O. The second-order valence-electron chi connectivity index (χ2n) is 3.53. The van der Waals surface area contributed by atoms with Gasteiger partial charge in [0.05, 0.1) is 0 Å². The number of likely N-dealkylation sites (tertiary alicyclic amines) is 1. The van der Waals surface area contributed by atoms with Gasteiger partial charge in [0.2, 0.25) is 5.91 Å². The molecule has 2 heterocycles. The lowest BCUT2D eigenvalue weighted by molar-refractivity contribution is -0.132. The highest BCUT2D eigenvalue weighted by Crippen LogP contribution is 2.08. The van der Waals surface area contributed by atoms with Crippen molar-refractivity contribution in [2.24, 2.45) is 0 Å². The summed E-state index contributed by atoms with van der Waals surface area (Å²) in [5.74, 6) is 0.148. The van der Waals surface area contributed by atoms with E-state index in [-0.39, 0.29) is 5.91 Å². The average Bonchev–Trinajstić information content (AvgIpc) is 2.72. The third-order valence-electron chi connectivity index (χ3n) is 2.47. The van der Waals surface area contributed by atoms with Crippen LogP contribution in [0.25, 0.3) is 0 Å². The van der Waals surface area contributed by atoms with E-state index in [4.69, 9.17) is 0 Å². The maximum absolute atomic E-state index is 11.7. The molecule has 1 aromatic rings. The molecule has 0 saturated carbocycles. The van der Waals surface area contributed by atoms with E-state index in [0.717, 1.165) is 25.9 Å². The molecular weight excluding hydrogens is 180 g/mol. The van der Waals surface area contributed by atoms with Gasteiger partial charge in [-0.15, -0.1) is 0 Å². The summed E-state index contributed by atoms with van der Waals surface area (Å²) in [4.78, 5) is 17.4. The van der Waals surface area contributed by atoms with Crippen LogP contribution < -0.4 is 0 Å². The summed E-state index contributed by atoms with van der Waals surface area (Å²) < 4.78 is 1.57. The van der Waals surface area contributed by atoms with E-state index in [9.17, 15) is 4.79 Å². The highest BCUT2D eigenvalue weighted by molar-refractivity contribution is 5.75. The van der Waals surface area contributed by atoms with Gasteiger partial charge in [-0.3, -0.25) is 4.79 Å². The Balaban J connectivity index is 1.88. The molecule has 2 rings (SSSR count). The van der Waals surface area contributed by atoms with Crippen LogP contribution in [0.5, 0.6) is 0 Å². The number of piperidine rings is 1. The lowest BCUT2D eigenvalue weighted by atomic mass is 10.1. The fourth-order valence-electron chi connectivity index (χ4n) is 1.70. The van der Waals surface area contributed by atoms with Gasteiger partial charge in [0.1, 0.15) is 19.2 Å². The van der Waals surface area contributed by atoms with Gasteiger partial charge in [-0.1, -0.05) is 0 Å². The zero-order valence-electron chi connectivity index (χ0n) is 8.09. The van der Waals surface area contributed by atoms with Crippen molar-refractivity contribution < 1.29 is 4.79 Å². The molecule has 1 aliphatic rings. The van der Waals surface area contributed by atoms with E-state index >= 15 is 0 Å². The van der Waals surface area contributed by atoms with Crippen molar-refractivity contribution >= 4 is 5.91 Å². The van der Waals surface area contributed by atoms with Gasteiger partial charge in [0, 0.05) is 13.1 Å². The van der Waals surface area contributed by atoms with Crippen molar-refractivity contribution in [1.29, 1.82) is 0 Å². The fraction of sp³-hybridized carbons (Fsp3) is 0.667. The van der Waals surface area contributed by atoms with Gasteiger partial charge < -0.3 is 4.90 Å². The Morgan fingerprint density at radius 1 is 1.29 bits per heavy atom. The number of hydrogen-bond donors (Lipinski definition) is 0. The number of carbonyl (C=O) groups is 1. The van der Waals surface area contributed by atoms with Gasteiger partial charge in [-0.2, -0.15) is 5.10 Å². The van der Waals surface area contributed by atoms with Crippen LogP contribution in [-0.4, -0.2) is 38.7 Å². The second-order valence-corrected chi connectivity index (χ2v) is 3.53. The predicted octanol–water partition coefficient (Wildman–Crippen LogP) is 0.291. The molecule has 0 bridgehead atoms. The topological polar surface area (TPSA) is 51.0 Å². The minimum absolute atomic E-state index is 0.148. The Kier molecular flexibility index (Phi) is 2.76. The molecule has 5 heteroatoms. The fourth-order valence-corrected chi connectivity index (χ4v) is 1.70. The van der Waals surface area contributed by atoms with E-state index in [2.05, 4.69) is 10.1 Å². The van der Waals surface area contributed by atoms with Gasteiger partial charge in [0.15, 0.2) is 0 Å². The van der Waals surface area contributed by atoms with Gasteiger partial charge in [-0.05, 0) is 19.3 Å². The SMILES string of the molecule is O=C(Cn1cncn1)N1CCCCC1. The number of hydrogen-bond acceptors (Lipinski definition) is 3. The first-order valence-electron chi connectivity index (χ1n) is 4.96. The molecule has 1 aromatic heterocycles. The monoisotopic (exact) mass is 194 g/mol. The third-order valence-corrected chi connectivity index (χ3v) is 2.47. The quantitative estimate of drug-likeness (QED) is 0.680. The third kappa shape index (κ3) is 2.10. The Morgan fingerprint density at radius 3 is 2.71 bits per heavy atom. The van der Waals surface area contributed by atoms with Crippen LogP contribution in [0.15, 0.2) is 12.7 Å². The Hall–Kier alpha value is -1.39. The maximum Gasteiger partial charge on any atom is 0.244 e. The minimum atomic E-state index is 0.148. The first-order chi connectivity index (χ1) is 6.86. The minimum Gasteiger partial charge on any atom is -0.341 e. The number of amides is 1. The maximum atomic E-state index is 11.7. The van der Waals surface area contributed by atoms with E-state index in [1.807, 2.05) is 4.90 Å². The lowest BCUT2D eigenvalue weighted by Crippen LogP contribution is -2.37. The smallest absolute Gasteiger partial charge is 0.244 e. The second kappa shape index (κ2) is 4.21. The van der Waals surface area contributed by atoms with Gasteiger partial charge in [0.25, 0.3) is 0 Å². The molecule has 0 aliphatic carbocycles. The summed E-state index contributed by atoms with van der Waals surface area (Å²) in [5.41, 5.74) is 0. The standard InChI is InChI=1S/C9H14N4O/c14-9(6-13-8-10-7-11-13)12-4-2-1-3-5-12/h7-8H,1-6H2. The van der Waals surface area contributed by atoms with Crippen LogP contribution in [0, 0.1) is 0 Å². The molecule has 14 heavy (non-hydrogen) atoms. The van der Waals surface area contributed by atoms with Crippen molar-refractivity contribution in [3.05, 3.63) is 12.7 Å². The van der Waals surface area contributed by atoms with Crippen molar-refractivity contribution in [2.75, 3.05) is 13.1 Å². The van der Waals surface area contributed by atoms with Crippen molar-refractivity contribution in [1.82, 2.24) is 19.7 Å². The van der Waals surface area contributed by atoms with Crippen LogP contribution in [0.4, 0.5) is 0 Å². The normalized spacial score (nSPS) is 17.0. The molecule has 5 nitrogen and oxygen atoms in total. The number of nitrogens with zero attached hydrogens (tertiary/aromatic N) is 4. The Bertz CT molecular complexity index is 290. The summed E-state index contributed by atoms with van der Waals surface area (Å²) in [5, 5.41) is 3.91. The average molecular weight is 194 g/mol. The first kappa shape index (κ1) is 9.18. The summed E-state index contributed by atoms with van der Waals surface area (Å²) in [6.45, 7) is 2.11. The van der Waals surface area contributed by atoms with Crippen LogP contribution >= 0.6 is 0 Å². The van der Waals surface area contributed by atoms with E-state index in [1.54, 1.807) is 11.0 Å². The molecule has 0 atom stereocenters. The predicted molar refractivity (Wildman–Crippen MR) is 50.5 cm³/mol. The molecule has 0 aromatic carbocycles. The molecule has 1 amide bonds. The number of rotatable bonds is 2. The molecule has 0 unspecified atom stereocenters. The highest BCUT2D eigenvalue weighted by Gasteiger charge is 2.16. The zero-order valence-corrected chi connectivity index (χ0v) is 8.09. The zero-order chi connectivity index (χ0) is 9.80. The molecule has 0 N–H and O–H groups in total. The molecule has 1 fully saturated rings.